The number of nitrogens with one attached hydrogen (secondary N) is 2. The quantitative estimate of drug-likeness (QED) is 0.0451. The van der Waals surface area contributed by atoms with Gasteiger partial charge in [-0.2, -0.15) is 4.98 Å². The van der Waals surface area contributed by atoms with Crippen molar-refractivity contribution < 1.29 is 65.8 Å². The van der Waals surface area contributed by atoms with Crippen LogP contribution in [0.1, 0.15) is 112 Å². The van der Waals surface area contributed by atoms with Gasteiger partial charge >= 0.3 is 0 Å². The fourth-order valence-corrected chi connectivity index (χ4v) is 14.6. The number of aryl methyl sites for hydroxylation is 3. The van der Waals surface area contributed by atoms with Crippen LogP contribution in [0, 0.1) is 18.8 Å². The molecule has 6 aliphatic rings. The normalized spacial score (nSPS) is 21.8. The molecule has 4 unspecified atom stereocenters. The smallest absolute Gasteiger partial charge is 0.280 e. The molecule has 6 N–H and O–H groups in total. The number of H-pyrrole nitrogens is 1. The minimum atomic E-state index is -6.12. The van der Waals surface area contributed by atoms with E-state index in [1.807, 2.05) is 12.1 Å². The molecule has 8 heterocycles. The molecule has 25 heteroatoms. The number of hydrogen-bond acceptors (Lipinski definition) is 17. The topological polar surface area (TPSA) is 319 Å². The van der Waals surface area contributed by atoms with E-state index in [1.165, 1.54) is 49.6 Å². The van der Waals surface area contributed by atoms with Crippen molar-refractivity contribution in [3.8, 4) is 23.3 Å². The lowest BCUT2D eigenvalue weighted by Crippen LogP contribution is -2.45. The third-order valence-electron chi connectivity index (χ3n) is 14.6. The third-order valence-corrected chi connectivity index (χ3v) is 18.3. The number of anilines is 2. The Balaban J connectivity index is 0.765. The zero-order valence-electron chi connectivity index (χ0n) is 40.8. The number of aromatic nitrogens is 3. The summed E-state index contributed by atoms with van der Waals surface area (Å²) in [5, 5.41) is 16.5. The molecule has 6 aliphatic heterocycles. The Morgan fingerprint density at radius 1 is 0.973 bits per heavy atom. The van der Waals surface area contributed by atoms with Gasteiger partial charge in [-0.25, -0.2) is 13.2 Å². The van der Waals surface area contributed by atoms with Gasteiger partial charge in [0.15, 0.2) is 11.9 Å². The Morgan fingerprint density at radius 2 is 1.73 bits per heavy atom. The number of fused-ring (bicyclic) bond motifs is 5. The first-order valence-electron chi connectivity index (χ1n) is 25.1. The molecule has 11 rings (SSSR count). The van der Waals surface area contributed by atoms with Gasteiger partial charge < -0.3 is 59.2 Å². The lowest BCUT2D eigenvalue weighted by atomic mass is 9.81. The zero-order chi connectivity index (χ0) is 52.6. The van der Waals surface area contributed by atoms with Crippen LogP contribution in [0.4, 0.5) is 11.6 Å². The summed E-state index contributed by atoms with van der Waals surface area (Å²) in [6.45, 7) is 5.86. The maximum absolute atomic E-state index is 13.7. The first-order valence-corrected chi connectivity index (χ1v) is 29.5. The fraction of sp³-hybridized carbons (Fsp3) is 0.440. The molecular weight excluding hydrogens is 1030 g/mol. The van der Waals surface area contributed by atoms with Gasteiger partial charge in [0.2, 0.25) is 11.3 Å². The van der Waals surface area contributed by atoms with Crippen LogP contribution in [0.3, 0.4) is 0 Å². The van der Waals surface area contributed by atoms with Crippen LogP contribution in [0.15, 0.2) is 41.3 Å². The number of amides is 1. The van der Waals surface area contributed by atoms with Gasteiger partial charge in [-0.05, 0) is 99.2 Å². The van der Waals surface area contributed by atoms with Crippen molar-refractivity contribution in [2.45, 2.75) is 102 Å². The highest BCUT2D eigenvalue weighted by molar-refractivity contribution is 7.65. The van der Waals surface area contributed by atoms with E-state index in [9.17, 15) is 43.1 Å². The number of carbonyl (C=O) groups is 1. The monoisotopic (exact) mass is 1090 g/mol. The standard InChI is InChI=1S/C50H56N7O15P3/c1-28-22-31(15-16-34(28)41-37-23-29-11-6-18-55-20-8-13-35(42(29)55)44(37)70-45-36-14-9-21-56-19-7-12-30(43(36)56)24-38(41)45)47(59)52-17-5-3-2-4-10-32-26-57(46-40(32)48(60)54-50(51)53-46)49-39(58)25-33(69-49)27-68-74(64,65)72-75(66,67)71-73(61,62)63/h15-16,22-24,26,33,39,49,58H,2-3,5-9,11-14,17-21,25,27H2,1H3,(H7-,51,52,53,54,59,60,61,62,63,64,65,66,67)/p-2/t33-,39?,49+/m0/s1. The molecule has 1 amide bonds. The predicted molar refractivity (Wildman–Crippen MR) is 267 cm³/mol. The third kappa shape index (κ3) is 10.3. The van der Waals surface area contributed by atoms with Crippen LogP contribution in [0.2, 0.25) is 0 Å². The summed E-state index contributed by atoms with van der Waals surface area (Å²) >= 11 is 0. The Labute approximate surface area is 429 Å². The van der Waals surface area contributed by atoms with Crippen LogP contribution in [0.5, 0.6) is 11.5 Å². The average molecular weight is 1090 g/mol. The second-order valence-corrected chi connectivity index (χ2v) is 24.1. The number of aliphatic hydroxyl groups is 1. The number of rotatable bonds is 14. The molecule has 5 aromatic rings. The van der Waals surface area contributed by atoms with Gasteiger partial charge in [0.05, 0.1) is 29.2 Å². The molecule has 0 aliphatic carbocycles. The van der Waals surface area contributed by atoms with Crippen molar-refractivity contribution >= 4 is 57.6 Å². The van der Waals surface area contributed by atoms with Gasteiger partial charge in [-0.1, -0.05) is 17.9 Å². The number of phosphoric ester groups is 1. The summed E-state index contributed by atoms with van der Waals surface area (Å²) in [4.78, 5) is 79.0. The maximum atomic E-state index is 13.7. The molecular formula is C50H54N7O15P3-2. The van der Waals surface area contributed by atoms with Crippen LogP contribution in [-0.4, -0.2) is 82.0 Å². The number of benzene rings is 3. The van der Waals surface area contributed by atoms with Gasteiger partial charge in [0, 0.05) is 90.2 Å². The summed E-state index contributed by atoms with van der Waals surface area (Å²) < 4.78 is 62.8. The summed E-state index contributed by atoms with van der Waals surface area (Å²) in [5.41, 5.74) is 17.2. The van der Waals surface area contributed by atoms with Crippen molar-refractivity contribution in [1.82, 2.24) is 24.4 Å². The van der Waals surface area contributed by atoms with Crippen LogP contribution < -0.4 is 56.1 Å². The Kier molecular flexibility index (Phi) is 13.9. The van der Waals surface area contributed by atoms with E-state index in [-0.39, 0.29) is 34.9 Å². The lowest BCUT2D eigenvalue weighted by Gasteiger charge is -2.39. The molecule has 0 radical (unpaired) electrons. The maximum Gasteiger partial charge on any atom is 0.280 e. The summed E-state index contributed by atoms with van der Waals surface area (Å²) in [7, 11) is -17.9. The van der Waals surface area contributed by atoms with Gasteiger partial charge in [0.25, 0.3) is 34.9 Å². The summed E-state index contributed by atoms with van der Waals surface area (Å²) in [6.07, 6.45) is 7.40. The van der Waals surface area contributed by atoms with E-state index < -0.39 is 54.1 Å². The van der Waals surface area contributed by atoms with E-state index in [4.69, 9.17) is 20.1 Å². The lowest BCUT2D eigenvalue weighted by molar-refractivity contribution is -0.250. The highest BCUT2D eigenvalue weighted by Gasteiger charge is 2.39. The van der Waals surface area contributed by atoms with Gasteiger partial charge in [-0.3, -0.25) is 28.3 Å². The number of aliphatic hydroxyl groups excluding tert-OH is 1. The summed E-state index contributed by atoms with van der Waals surface area (Å²) in [6, 6.07) is 10.8. The van der Waals surface area contributed by atoms with Crippen molar-refractivity contribution in [3.63, 3.8) is 0 Å². The van der Waals surface area contributed by atoms with Crippen molar-refractivity contribution in [2.24, 2.45) is 0 Å². The Bertz CT molecular complexity index is 3610. The summed E-state index contributed by atoms with van der Waals surface area (Å²) in [5.74, 6) is 7.56. The van der Waals surface area contributed by atoms with E-state index >= 15 is 0 Å². The number of hydrogen-bond donors (Lipinski definition) is 5. The predicted octanol–water partition coefficient (Wildman–Crippen LogP) is 2.10. The molecule has 75 heavy (non-hydrogen) atoms. The number of carbonyl (C=O) groups excluding carboxylic acids is 1. The number of nitrogen functional groups attached to an aromatic ring is 1. The first-order chi connectivity index (χ1) is 35.8. The van der Waals surface area contributed by atoms with Crippen molar-refractivity contribution in [1.29, 1.82) is 0 Å². The van der Waals surface area contributed by atoms with Crippen LogP contribution in [0.25, 0.3) is 16.6 Å². The molecule has 396 valence electrons. The second kappa shape index (κ2) is 20.1. The van der Waals surface area contributed by atoms with Crippen LogP contribution >= 0.6 is 23.5 Å². The minimum Gasteiger partial charge on any atom is -0.756 e. The number of phosphoric acid groups is 3. The van der Waals surface area contributed by atoms with Gasteiger partial charge in [-0.15, -0.1) is 0 Å². The zero-order valence-corrected chi connectivity index (χ0v) is 43.5. The van der Waals surface area contributed by atoms with E-state index in [0.717, 1.165) is 111 Å². The highest BCUT2D eigenvalue weighted by Crippen LogP contribution is 2.61. The molecule has 1 fully saturated rings. The number of nitrogens with two attached hydrogens (primary N) is 1. The van der Waals surface area contributed by atoms with E-state index in [0.29, 0.717) is 31.4 Å². The van der Waals surface area contributed by atoms with E-state index in [2.05, 4.69) is 74.9 Å². The second-order valence-electron chi connectivity index (χ2n) is 19.8. The number of ether oxygens (including phenoxy) is 2. The Hall–Kier alpha value is -5.49. The van der Waals surface area contributed by atoms with Crippen LogP contribution in [-0.2, 0) is 57.3 Å². The molecule has 0 spiro atoms. The Morgan fingerprint density at radius 3 is 2.52 bits per heavy atom. The van der Waals surface area contributed by atoms with Crippen molar-refractivity contribution in [3.05, 3.63) is 108 Å². The molecule has 1 saturated heterocycles. The molecule has 3 aromatic carbocycles. The molecule has 22 nitrogen and oxygen atoms in total. The number of nitrogens with zero attached hydrogens (tertiary/aromatic N) is 4. The largest absolute Gasteiger partial charge is 0.756 e. The number of unbranched alkanes of at least 4 members (excludes halogenated alkanes) is 2. The average Bonchev–Trinajstić information content (AvgIpc) is 3.92. The number of aromatic amines is 1. The SMILES string of the molecule is Cc1cc(C(=O)NCCCCC#Cc2cn([C@@H]3O[C@H](COP(=O)([O-])OP(=O)([O-])OP(=O)([O-])O)CC3O)c3nc(N)[nH]c(=O)c23)ccc1C1=c2cc3c4c(c2Oc2c1cc1c5c2CCCN5CCC1)CCC[N+]=4CCC3. The van der Waals surface area contributed by atoms with E-state index in [1.54, 1.807) is 0 Å². The minimum absolute atomic E-state index is 0.00877. The van der Waals surface area contributed by atoms with Gasteiger partial charge in [0.1, 0.15) is 30.7 Å². The fourth-order valence-electron chi connectivity index (χ4n) is 11.7. The molecule has 0 saturated carbocycles. The molecule has 6 atom stereocenters. The highest BCUT2D eigenvalue weighted by atomic mass is 31.3. The molecule has 2 aromatic heterocycles. The first kappa shape index (κ1) is 51.6. The molecule has 0 bridgehead atoms. The van der Waals surface area contributed by atoms with Crippen molar-refractivity contribution in [2.75, 3.05) is 50.0 Å².